The van der Waals surface area contributed by atoms with Gasteiger partial charge in [0.05, 0.1) is 11.3 Å². The minimum absolute atomic E-state index is 0.129. The third kappa shape index (κ3) is 2.99. The van der Waals surface area contributed by atoms with E-state index in [0.29, 0.717) is 33.6 Å². The predicted octanol–water partition coefficient (Wildman–Crippen LogP) is 2.92. The van der Waals surface area contributed by atoms with E-state index in [9.17, 15) is 9.18 Å². The summed E-state index contributed by atoms with van der Waals surface area (Å²) in [5.41, 5.74) is 1.52. The number of halogens is 1. The minimum atomic E-state index is -0.344. The molecule has 4 aromatic rings. The van der Waals surface area contributed by atoms with E-state index in [-0.39, 0.29) is 11.4 Å². The Morgan fingerprint density at radius 3 is 2.77 bits per heavy atom. The molecule has 26 heavy (non-hydrogen) atoms. The molecule has 8 heteroatoms. The molecule has 0 unspecified atom stereocenters. The molecule has 4 rings (SSSR count). The summed E-state index contributed by atoms with van der Waals surface area (Å²) in [6.45, 7) is 0. The largest absolute Gasteiger partial charge is 0.305 e. The van der Waals surface area contributed by atoms with Crippen LogP contribution in [0.2, 0.25) is 0 Å². The Bertz CT molecular complexity index is 1150. The molecule has 0 saturated carbocycles. The van der Waals surface area contributed by atoms with Gasteiger partial charge >= 0.3 is 0 Å². The Morgan fingerprint density at radius 1 is 1.12 bits per heavy atom. The normalized spacial score (nSPS) is 11.2. The van der Waals surface area contributed by atoms with Gasteiger partial charge in [-0.05, 0) is 24.3 Å². The summed E-state index contributed by atoms with van der Waals surface area (Å²) in [6.07, 6.45) is 1.69. The number of pyridine rings is 1. The van der Waals surface area contributed by atoms with Gasteiger partial charge in [-0.1, -0.05) is 30.0 Å². The predicted molar refractivity (Wildman–Crippen MR) is 97.4 cm³/mol. The van der Waals surface area contributed by atoms with Gasteiger partial charge in [0, 0.05) is 25.1 Å². The van der Waals surface area contributed by atoms with Crippen LogP contribution in [0.25, 0.3) is 17.0 Å². The van der Waals surface area contributed by atoms with Gasteiger partial charge in [-0.3, -0.25) is 9.20 Å². The zero-order valence-corrected chi connectivity index (χ0v) is 14.7. The first-order chi connectivity index (χ1) is 12.6. The highest BCUT2D eigenvalue weighted by Gasteiger charge is 2.14. The lowest BCUT2D eigenvalue weighted by molar-refractivity contribution is 0.628. The maximum absolute atomic E-state index is 14.0. The smallest absolute Gasteiger partial charge is 0.258 e. The lowest BCUT2D eigenvalue weighted by Crippen LogP contribution is -2.14. The second-order valence-electron chi connectivity index (χ2n) is 5.65. The number of rotatable bonds is 4. The van der Waals surface area contributed by atoms with E-state index < -0.39 is 0 Å². The van der Waals surface area contributed by atoms with E-state index in [1.54, 1.807) is 48.1 Å². The van der Waals surface area contributed by atoms with Crippen molar-refractivity contribution in [2.45, 2.75) is 10.9 Å². The second kappa shape index (κ2) is 6.72. The number of hydrogen-bond donors (Lipinski definition) is 0. The molecule has 0 saturated heterocycles. The lowest BCUT2D eigenvalue weighted by Gasteiger charge is -2.05. The SMILES string of the molecule is Cn1c(SCc2cc(=O)n3ccccc3n2)nnc1-c1ccccc1F. The first-order valence-corrected chi connectivity index (χ1v) is 8.86. The highest BCUT2D eigenvalue weighted by atomic mass is 32.2. The molecule has 1 aromatic carbocycles. The van der Waals surface area contributed by atoms with E-state index in [1.807, 2.05) is 6.07 Å². The molecule has 0 aliphatic carbocycles. The molecule has 0 bridgehead atoms. The van der Waals surface area contributed by atoms with Crippen molar-refractivity contribution in [1.29, 1.82) is 0 Å². The maximum Gasteiger partial charge on any atom is 0.258 e. The third-order valence-corrected chi connectivity index (χ3v) is 4.98. The first kappa shape index (κ1) is 16.5. The van der Waals surface area contributed by atoms with Gasteiger partial charge < -0.3 is 4.57 Å². The molecule has 0 amide bonds. The van der Waals surface area contributed by atoms with E-state index >= 15 is 0 Å². The molecule has 3 aromatic heterocycles. The van der Waals surface area contributed by atoms with E-state index in [4.69, 9.17) is 0 Å². The fraction of sp³-hybridized carbons (Fsp3) is 0.111. The summed E-state index contributed by atoms with van der Waals surface area (Å²) in [4.78, 5) is 16.6. The van der Waals surface area contributed by atoms with Crippen LogP contribution in [-0.2, 0) is 12.8 Å². The van der Waals surface area contributed by atoms with Crippen molar-refractivity contribution in [3.8, 4) is 11.4 Å². The average molecular weight is 367 g/mol. The Hall–Kier alpha value is -3.00. The minimum Gasteiger partial charge on any atom is -0.305 e. The summed E-state index contributed by atoms with van der Waals surface area (Å²) in [5, 5.41) is 8.85. The van der Waals surface area contributed by atoms with Crippen LogP contribution in [0.5, 0.6) is 0 Å². The van der Waals surface area contributed by atoms with Gasteiger partial charge in [-0.2, -0.15) is 0 Å². The summed E-state index contributed by atoms with van der Waals surface area (Å²) in [7, 11) is 1.78. The Labute approximate surface area is 152 Å². The van der Waals surface area contributed by atoms with E-state index in [1.165, 1.54) is 28.3 Å². The van der Waals surface area contributed by atoms with Gasteiger partial charge in [0.15, 0.2) is 11.0 Å². The molecular weight excluding hydrogens is 353 g/mol. The summed E-state index contributed by atoms with van der Waals surface area (Å²) in [6, 6.07) is 13.4. The molecule has 3 heterocycles. The van der Waals surface area contributed by atoms with Crippen molar-refractivity contribution in [3.63, 3.8) is 0 Å². The van der Waals surface area contributed by atoms with Crippen LogP contribution >= 0.6 is 11.8 Å². The second-order valence-corrected chi connectivity index (χ2v) is 6.59. The molecule has 130 valence electrons. The molecule has 0 aliphatic rings. The molecule has 0 aliphatic heterocycles. The topological polar surface area (TPSA) is 65.1 Å². The molecule has 0 atom stereocenters. The van der Waals surface area contributed by atoms with Crippen molar-refractivity contribution in [3.05, 3.63) is 76.6 Å². The van der Waals surface area contributed by atoms with Gasteiger partial charge in [-0.25, -0.2) is 9.37 Å². The van der Waals surface area contributed by atoms with Crippen LogP contribution < -0.4 is 5.56 Å². The van der Waals surface area contributed by atoms with Crippen molar-refractivity contribution < 1.29 is 4.39 Å². The quantitative estimate of drug-likeness (QED) is 0.519. The third-order valence-electron chi connectivity index (χ3n) is 3.92. The molecule has 0 radical (unpaired) electrons. The number of nitrogens with zero attached hydrogens (tertiary/aromatic N) is 5. The molecule has 6 nitrogen and oxygen atoms in total. The molecule has 0 fully saturated rings. The fourth-order valence-corrected chi connectivity index (χ4v) is 3.44. The van der Waals surface area contributed by atoms with Crippen molar-refractivity contribution in [2.75, 3.05) is 0 Å². The van der Waals surface area contributed by atoms with Crippen molar-refractivity contribution in [1.82, 2.24) is 24.1 Å². The maximum atomic E-state index is 14.0. The van der Waals surface area contributed by atoms with Crippen LogP contribution in [0, 0.1) is 5.82 Å². The number of aromatic nitrogens is 5. The number of benzene rings is 1. The van der Waals surface area contributed by atoms with Crippen LogP contribution in [0.3, 0.4) is 0 Å². The summed E-state index contributed by atoms with van der Waals surface area (Å²) < 4.78 is 17.2. The van der Waals surface area contributed by atoms with Gasteiger partial charge in [-0.15, -0.1) is 10.2 Å². The van der Waals surface area contributed by atoms with Crippen molar-refractivity contribution >= 4 is 17.4 Å². The average Bonchev–Trinajstić information content (AvgIpc) is 3.01. The van der Waals surface area contributed by atoms with Gasteiger partial charge in [0.25, 0.3) is 5.56 Å². The fourth-order valence-electron chi connectivity index (χ4n) is 2.63. The number of fused-ring (bicyclic) bond motifs is 1. The molecular formula is C18H14FN5OS. The zero-order chi connectivity index (χ0) is 18.1. The number of thioether (sulfide) groups is 1. The Kier molecular flexibility index (Phi) is 4.26. The number of hydrogen-bond acceptors (Lipinski definition) is 5. The standard InChI is InChI=1S/C18H14FN5OS/c1-23-17(13-6-2-3-7-14(13)19)21-22-18(23)26-11-12-10-16(25)24-9-5-4-8-15(24)20-12/h2-10H,11H2,1H3. The molecule has 0 N–H and O–H groups in total. The lowest BCUT2D eigenvalue weighted by atomic mass is 10.2. The van der Waals surface area contributed by atoms with Crippen LogP contribution in [0.1, 0.15) is 5.69 Å². The monoisotopic (exact) mass is 367 g/mol. The van der Waals surface area contributed by atoms with Gasteiger partial charge in [0.1, 0.15) is 11.5 Å². The van der Waals surface area contributed by atoms with Crippen LogP contribution in [0.4, 0.5) is 4.39 Å². The summed E-state index contributed by atoms with van der Waals surface area (Å²) >= 11 is 1.40. The highest BCUT2D eigenvalue weighted by Crippen LogP contribution is 2.26. The van der Waals surface area contributed by atoms with Crippen LogP contribution in [0.15, 0.2) is 64.7 Å². The summed E-state index contributed by atoms with van der Waals surface area (Å²) in [5.74, 6) is 0.574. The van der Waals surface area contributed by atoms with E-state index in [2.05, 4.69) is 15.2 Å². The van der Waals surface area contributed by atoms with Crippen molar-refractivity contribution in [2.24, 2.45) is 7.05 Å². The van der Waals surface area contributed by atoms with Crippen LogP contribution in [-0.4, -0.2) is 24.1 Å². The Morgan fingerprint density at radius 2 is 1.92 bits per heavy atom. The molecule has 0 spiro atoms. The zero-order valence-electron chi connectivity index (χ0n) is 13.8. The van der Waals surface area contributed by atoms with Gasteiger partial charge in [0.2, 0.25) is 0 Å². The Balaban J connectivity index is 1.60. The first-order valence-electron chi connectivity index (χ1n) is 7.88. The highest BCUT2D eigenvalue weighted by molar-refractivity contribution is 7.98. The van der Waals surface area contributed by atoms with E-state index in [0.717, 1.165) is 0 Å².